The summed E-state index contributed by atoms with van der Waals surface area (Å²) >= 11 is 0. The van der Waals surface area contributed by atoms with Crippen molar-refractivity contribution >= 4 is 16.1 Å². The van der Waals surface area contributed by atoms with Gasteiger partial charge in [0, 0.05) is 26.2 Å². The number of sulfonamides is 1. The van der Waals surface area contributed by atoms with Crippen molar-refractivity contribution in [3.8, 4) is 5.75 Å². The van der Waals surface area contributed by atoms with Crippen LogP contribution < -0.4 is 4.74 Å². The predicted molar refractivity (Wildman–Crippen MR) is 79.8 cm³/mol. The Morgan fingerprint density at radius 2 is 1.71 bits per heavy atom. The number of carbonyl (C=O) groups excluding carboxylic acids is 1. The van der Waals surface area contributed by atoms with Crippen molar-refractivity contribution in [2.45, 2.75) is 13.3 Å². The fraction of sp³-hybridized carbons (Fsp3) is 0.500. The lowest BCUT2D eigenvalue weighted by atomic mass is 10.2. The molecule has 2 rings (SSSR count). The van der Waals surface area contributed by atoms with Crippen molar-refractivity contribution in [2.24, 2.45) is 0 Å². The van der Waals surface area contributed by atoms with Gasteiger partial charge in [0.05, 0.1) is 6.26 Å². The van der Waals surface area contributed by atoms with Gasteiger partial charge in [-0.3, -0.25) is 0 Å². The lowest BCUT2D eigenvalue weighted by Crippen LogP contribution is -2.51. The van der Waals surface area contributed by atoms with Crippen molar-refractivity contribution in [1.82, 2.24) is 9.21 Å². The minimum absolute atomic E-state index is 0.308. The lowest BCUT2D eigenvalue weighted by molar-refractivity contribution is 0.133. The molecule has 1 aromatic rings. The van der Waals surface area contributed by atoms with Crippen LogP contribution in [-0.4, -0.2) is 56.2 Å². The molecule has 1 fully saturated rings. The molecule has 0 aromatic heterocycles. The van der Waals surface area contributed by atoms with Gasteiger partial charge in [0.1, 0.15) is 5.75 Å². The molecule has 0 radical (unpaired) electrons. The highest BCUT2D eigenvalue weighted by Gasteiger charge is 2.26. The molecule has 0 unspecified atom stereocenters. The van der Waals surface area contributed by atoms with E-state index in [4.69, 9.17) is 4.74 Å². The van der Waals surface area contributed by atoms with Crippen LogP contribution in [0.2, 0.25) is 0 Å². The first-order chi connectivity index (χ1) is 9.90. The number of amides is 1. The third-order valence-corrected chi connectivity index (χ3v) is 4.81. The molecule has 0 spiro atoms. The number of carbonyl (C=O) groups is 1. The van der Waals surface area contributed by atoms with Crippen LogP contribution in [0, 0.1) is 0 Å². The molecule has 0 saturated carbocycles. The zero-order chi connectivity index (χ0) is 15.5. The minimum atomic E-state index is -3.19. The van der Waals surface area contributed by atoms with Gasteiger partial charge >= 0.3 is 6.09 Å². The first-order valence-electron chi connectivity index (χ1n) is 6.91. The van der Waals surface area contributed by atoms with Crippen LogP contribution in [0.1, 0.15) is 12.5 Å². The zero-order valence-corrected chi connectivity index (χ0v) is 13.1. The smallest absolute Gasteiger partial charge is 0.410 e. The van der Waals surface area contributed by atoms with E-state index in [1.807, 2.05) is 12.1 Å². The number of rotatable bonds is 3. The highest BCUT2D eigenvalue weighted by Crippen LogP contribution is 2.15. The first-order valence-corrected chi connectivity index (χ1v) is 8.76. The van der Waals surface area contributed by atoms with Crippen LogP contribution in [0.5, 0.6) is 5.75 Å². The van der Waals surface area contributed by atoms with Crippen molar-refractivity contribution in [1.29, 1.82) is 0 Å². The van der Waals surface area contributed by atoms with Crippen LogP contribution in [0.4, 0.5) is 4.79 Å². The standard InChI is InChI=1S/C14H20N2O4S/c1-3-12-4-6-13(7-5-12)20-14(17)15-8-10-16(11-9-15)21(2,18)19/h4-7H,3,8-11H2,1-2H3. The topological polar surface area (TPSA) is 66.9 Å². The Morgan fingerprint density at radius 1 is 1.14 bits per heavy atom. The molecule has 0 atom stereocenters. The van der Waals surface area contributed by atoms with Gasteiger partial charge < -0.3 is 9.64 Å². The molecule has 0 aliphatic carbocycles. The number of aryl methyl sites for hydroxylation is 1. The van der Waals surface area contributed by atoms with Gasteiger partial charge in [-0.05, 0) is 24.1 Å². The summed E-state index contributed by atoms with van der Waals surface area (Å²) in [7, 11) is -3.19. The highest BCUT2D eigenvalue weighted by molar-refractivity contribution is 7.88. The molecular formula is C14H20N2O4S. The largest absolute Gasteiger partial charge is 0.415 e. The van der Waals surface area contributed by atoms with Gasteiger partial charge in [0.25, 0.3) is 0 Å². The average molecular weight is 312 g/mol. The van der Waals surface area contributed by atoms with Crippen LogP contribution >= 0.6 is 0 Å². The van der Waals surface area contributed by atoms with Gasteiger partial charge in [0.2, 0.25) is 10.0 Å². The molecule has 1 aliphatic heterocycles. The van der Waals surface area contributed by atoms with Gasteiger partial charge in [-0.2, -0.15) is 4.31 Å². The van der Waals surface area contributed by atoms with Crippen LogP contribution in [0.3, 0.4) is 0 Å². The molecule has 1 aromatic carbocycles. The maximum atomic E-state index is 12.0. The summed E-state index contributed by atoms with van der Waals surface area (Å²) in [6.45, 7) is 3.37. The van der Waals surface area contributed by atoms with Crippen molar-refractivity contribution in [3.63, 3.8) is 0 Å². The number of hydrogen-bond donors (Lipinski definition) is 0. The lowest BCUT2D eigenvalue weighted by Gasteiger charge is -2.32. The molecule has 0 bridgehead atoms. The third kappa shape index (κ3) is 4.18. The molecule has 21 heavy (non-hydrogen) atoms. The summed E-state index contributed by atoms with van der Waals surface area (Å²) in [4.78, 5) is 13.5. The number of hydrogen-bond acceptors (Lipinski definition) is 4. The summed E-state index contributed by atoms with van der Waals surface area (Å²) < 4.78 is 29.5. The zero-order valence-electron chi connectivity index (χ0n) is 12.3. The maximum absolute atomic E-state index is 12.0. The van der Waals surface area contributed by atoms with Crippen LogP contribution in [-0.2, 0) is 16.4 Å². The number of benzene rings is 1. The van der Waals surface area contributed by atoms with E-state index in [2.05, 4.69) is 6.92 Å². The molecule has 7 heteroatoms. The fourth-order valence-electron chi connectivity index (χ4n) is 2.16. The van der Waals surface area contributed by atoms with Crippen molar-refractivity contribution in [3.05, 3.63) is 29.8 Å². The molecule has 116 valence electrons. The predicted octanol–water partition coefficient (Wildman–Crippen LogP) is 1.32. The van der Waals surface area contributed by atoms with Gasteiger partial charge in [-0.1, -0.05) is 19.1 Å². The minimum Gasteiger partial charge on any atom is -0.410 e. The average Bonchev–Trinajstić information content (AvgIpc) is 2.47. The quantitative estimate of drug-likeness (QED) is 0.844. The summed E-state index contributed by atoms with van der Waals surface area (Å²) in [5, 5.41) is 0. The molecule has 0 N–H and O–H groups in total. The first kappa shape index (κ1) is 15.8. The van der Waals surface area contributed by atoms with Gasteiger partial charge in [-0.25, -0.2) is 13.2 Å². The Balaban J connectivity index is 1.90. The maximum Gasteiger partial charge on any atom is 0.415 e. The second-order valence-electron chi connectivity index (χ2n) is 5.01. The molecule has 6 nitrogen and oxygen atoms in total. The van der Waals surface area contributed by atoms with Crippen LogP contribution in [0.15, 0.2) is 24.3 Å². The van der Waals surface area contributed by atoms with Crippen molar-refractivity contribution in [2.75, 3.05) is 32.4 Å². The highest BCUT2D eigenvalue weighted by atomic mass is 32.2. The molecule has 1 aliphatic rings. The second-order valence-corrected chi connectivity index (χ2v) is 7.00. The van der Waals surface area contributed by atoms with E-state index in [0.717, 1.165) is 6.42 Å². The monoisotopic (exact) mass is 312 g/mol. The van der Waals surface area contributed by atoms with Gasteiger partial charge in [0.15, 0.2) is 0 Å². The normalized spacial score (nSPS) is 16.8. The summed E-state index contributed by atoms with van der Waals surface area (Å²) in [5.41, 5.74) is 1.18. The van der Waals surface area contributed by atoms with Crippen LogP contribution in [0.25, 0.3) is 0 Å². The molecule has 1 heterocycles. The summed E-state index contributed by atoms with van der Waals surface area (Å²) in [5.74, 6) is 0.503. The number of nitrogens with zero attached hydrogens (tertiary/aromatic N) is 2. The van der Waals surface area contributed by atoms with E-state index in [9.17, 15) is 13.2 Å². The third-order valence-electron chi connectivity index (χ3n) is 3.50. The second kappa shape index (κ2) is 6.44. The molecule has 1 saturated heterocycles. The fourth-order valence-corrected chi connectivity index (χ4v) is 2.99. The Kier molecular flexibility index (Phi) is 4.84. The summed E-state index contributed by atoms with van der Waals surface area (Å²) in [6, 6.07) is 7.38. The Labute approximate surface area is 125 Å². The van der Waals surface area contributed by atoms with E-state index >= 15 is 0 Å². The molecule has 1 amide bonds. The van der Waals surface area contributed by atoms with Gasteiger partial charge in [-0.15, -0.1) is 0 Å². The Bertz CT molecular complexity index is 590. The van der Waals surface area contributed by atoms with E-state index in [1.54, 1.807) is 12.1 Å². The Hall–Kier alpha value is -1.60. The summed E-state index contributed by atoms with van der Waals surface area (Å²) in [6.07, 6.45) is 1.67. The molecular weight excluding hydrogens is 292 g/mol. The van der Waals surface area contributed by atoms with E-state index < -0.39 is 16.1 Å². The number of piperazine rings is 1. The van der Waals surface area contributed by atoms with Crippen molar-refractivity contribution < 1.29 is 17.9 Å². The Morgan fingerprint density at radius 3 is 2.19 bits per heavy atom. The number of ether oxygens (including phenoxy) is 1. The van der Waals surface area contributed by atoms with E-state index in [1.165, 1.54) is 21.0 Å². The SMILES string of the molecule is CCc1ccc(OC(=O)N2CCN(S(C)(=O)=O)CC2)cc1. The van der Waals surface area contributed by atoms with E-state index in [-0.39, 0.29) is 0 Å². The van der Waals surface area contributed by atoms with E-state index in [0.29, 0.717) is 31.9 Å².